The Morgan fingerprint density at radius 2 is 1.08 bits per heavy atom. The number of halogens is 11. The number of nitrogens with zero attached hydrogens (tertiary/aromatic N) is 6. The minimum absolute atomic E-state index is 0.0169. The summed E-state index contributed by atoms with van der Waals surface area (Å²) in [6.07, 6.45) is 15.2. The number of benzene rings is 4. The number of fused-ring (bicyclic) bond motifs is 2. The third kappa shape index (κ3) is 14.5. The van der Waals surface area contributed by atoms with Crippen LogP contribution < -0.4 is 15.5 Å². The second kappa shape index (κ2) is 28.6. The Morgan fingerprint density at radius 3 is 1.54 bits per heavy atom. The van der Waals surface area contributed by atoms with E-state index in [4.69, 9.17) is 16.3 Å². The van der Waals surface area contributed by atoms with Crippen molar-refractivity contribution in [1.82, 2.24) is 28.8 Å². The number of imide groups is 1. The predicted molar refractivity (Wildman–Crippen MR) is 327 cm³/mol. The van der Waals surface area contributed by atoms with E-state index in [9.17, 15) is 84.7 Å². The molecule has 4 amide bonds. The zero-order valence-electron chi connectivity index (χ0n) is 51.7. The Kier molecular flexibility index (Phi) is 21.0. The van der Waals surface area contributed by atoms with E-state index in [2.05, 4.69) is 32.7 Å². The third-order valence-electron chi connectivity index (χ3n) is 17.5. The third-order valence-corrected chi connectivity index (χ3v) is 21.6. The number of aromatic nitrogens is 2. The van der Waals surface area contributed by atoms with E-state index in [0.29, 0.717) is 50.8 Å². The number of anilines is 2. The summed E-state index contributed by atoms with van der Waals surface area (Å²) < 4.78 is 193. The molecule has 6 heterocycles. The van der Waals surface area contributed by atoms with E-state index in [1.165, 1.54) is 61.1 Å². The maximum absolute atomic E-state index is 14.5. The number of rotatable bonds is 14. The topological polar surface area (TPSA) is 226 Å². The van der Waals surface area contributed by atoms with Crippen molar-refractivity contribution in [2.45, 2.75) is 163 Å². The number of sulfonamides is 2. The number of hydrogen-bond donors (Lipinski definition) is 2. The van der Waals surface area contributed by atoms with Crippen LogP contribution in [-0.4, -0.2) is 100 Å². The summed E-state index contributed by atoms with van der Waals surface area (Å²) in [5.41, 5.74) is 6.83. The van der Waals surface area contributed by atoms with Crippen molar-refractivity contribution < 1.29 is 89.4 Å². The molecule has 96 heavy (non-hydrogen) atoms. The highest BCUT2D eigenvalue weighted by atomic mass is 35.5. The van der Waals surface area contributed by atoms with Crippen molar-refractivity contribution in [3.05, 3.63) is 176 Å². The normalized spacial score (nSPS) is 18.4. The predicted octanol–water partition coefficient (Wildman–Crippen LogP) is 12.6. The number of nitrogens with one attached hydrogen (secondary N) is 2. The molecule has 6 aliphatic rings. The van der Waals surface area contributed by atoms with Gasteiger partial charge < -0.3 is 20.3 Å². The van der Waals surface area contributed by atoms with Gasteiger partial charge in [0.25, 0.3) is 11.8 Å². The van der Waals surface area contributed by atoms with Crippen molar-refractivity contribution in [3.8, 4) is 0 Å². The molecule has 2 atom stereocenters. The number of pyridine rings is 2. The molecule has 4 aromatic carbocycles. The average molecular weight is 1410 g/mol. The monoisotopic (exact) mass is 1400 g/mol. The minimum atomic E-state index is -5.32. The van der Waals surface area contributed by atoms with Crippen molar-refractivity contribution in [2.24, 2.45) is 0 Å². The summed E-state index contributed by atoms with van der Waals surface area (Å²) >= 11 is 5.09. The van der Waals surface area contributed by atoms with Gasteiger partial charge in [-0.05, 0) is 154 Å². The van der Waals surface area contributed by atoms with E-state index in [-0.39, 0.29) is 61.7 Å². The fourth-order valence-corrected chi connectivity index (χ4v) is 15.9. The number of hydrogen-bond acceptors (Lipinski definition) is 13. The van der Waals surface area contributed by atoms with Crippen molar-refractivity contribution in [2.75, 3.05) is 23.3 Å². The fraction of sp³-hybridized carbons (Fsp3) is 0.400. The lowest BCUT2D eigenvalue weighted by atomic mass is 9.85. The molecule has 2 saturated heterocycles. The zero-order valence-corrected chi connectivity index (χ0v) is 54.1. The quantitative estimate of drug-likeness (QED) is 0.0448. The highest BCUT2D eigenvalue weighted by Crippen LogP contribution is 2.39. The Balaban J connectivity index is 0.000000168. The molecule has 12 rings (SSSR count). The van der Waals surface area contributed by atoms with Gasteiger partial charge in [-0.3, -0.25) is 29.1 Å². The Bertz CT molecular complexity index is 4240. The molecule has 2 aliphatic carbocycles. The first-order chi connectivity index (χ1) is 45.4. The molecule has 2 N–H and O–H groups in total. The van der Waals surface area contributed by atoms with E-state index in [0.717, 1.165) is 53.1 Å². The molecule has 4 fully saturated rings. The van der Waals surface area contributed by atoms with Crippen LogP contribution in [-0.2, 0) is 60.6 Å². The van der Waals surface area contributed by atoms with Crippen LogP contribution in [0.4, 0.5) is 60.1 Å². The van der Waals surface area contributed by atoms with Gasteiger partial charge in [0.1, 0.15) is 17.7 Å². The first kappa shape index (κ1) is 70.7. The molecule has 0 unspecified atom stereocenters. The van der Waals surface area contributed by atoms with Crippen molar-refractivity contribution in [3.63, 3.8) is 0 Å². The molecule has 0 spiro atoms. The Hall–Kier alpha value is -8.06. The van der Waals surface area contributed by atoms with Crippen LogP contribution in [0.15, 0.2) is 82.8 Å². The molecule has 18 nitrogen and oxygen atoms in total. The first-order valence-electron chi connectivity index (χ1n) is 30.7. The highest BCUT2D eigenvalue weighted by Gasteiger charge is 2.49. The number of ether oxygens (including phenoxy) is 1. The van der Waals surface area contributed by atoms with Gasteiger partial charge in [0.15, 0.2) is 56.3 Å². The molecule has 4 aliphatic heterocycles. The van der Waals surface area contributed by atoms with E-state index < -0.39 is 123 Å². The van der Waals surface area contributed by atoms with E-state index >= 15 is 0 Å². The second-order valence-corrected chi connectivity index (χ2v) is 28.9. The standard InChI is InChI=1S/C30H27F5N4O4S.C25H31N3O3.C10H5ClF5NO3S/c31-23-24(32)26(34)28(27(35)25(23)33)44(42,43)39-11-10-22(39)30(41)38(20-8-9-21-18(12-20)14-37-29(21)40)15-19-7-6-17(13-36-19)16-4-2-1-3-5-16;1-25(2,3)31-24(30)28-16-19-13-20(11-12-22(19)23(28)29)27-15-21-10-9-18(14-26-21)17-7-5-4-6-8-17;11-10(18)3-1-2-17(3)21(19,20)9-7(15)5(13)4(12)6(14)8(9)16/h6-9,12-13,16,22H,1-5,10-11,14-15H2,(H,37,40);9-14,17,27H,4-8,15-16H2,1-3H3;3H,1-2H2/t22-;;3-/m1.1/s1. The molecule has 512 valence electrons. The van der Waals surface area contributed by atoms with Gasteiger partial charge in [0.05, 0.1) is 31.0 Å². The van der Waals surface area contributed by atoms with Crippen LogP contribution in [0.2, 0.25) is 0 Å². The van der Waals surface area contributed by atoms with Crippen LogP contribution in [0, 0.1) is 58.2 Å². The largest absolute Gasteiger partial charge is 0.443 e. The van der Waals surface area contributed by atoms with Gasteiger partial charge in [-0.1, -0.05) is 50.7 Å². The average Bonchev–Trinajstić information content (AvgIpc) is 0.834. The summed E-state index contributed by atoms with van der Waals surface area (Å²) in [5.74, 6) is -24.9. The molecular formula is C65H63ClF10N8O10S2. The Labute approximate surface area is 550 Å². The first-order valence-corrected chi connectivity index (χ1v) is 33.9. The molecule has 0 radical (unpaired) electrons. The van der Waals surface area contributed by atoms with Crippen LogP contribution >= 0.6 is 11.6 Å². The van der Waals surface area contributed by atoms with Gasteiger partial charge in [0.2, 0.25) is 42.8 Å². The van der Waals surface area contributed by atoms with E-state index in [1.807, 2.05) is 24.4 Å². The van der Waals surface area contributed by atoms with Gasteiger partial charge in [-0.25, -0.2) is 70.4 Å². The molecule has 31 heteroatoms. The lowest BCUT2D eigenvalue weighted by Gasteiger charge is -2.41. The smallest absolute Gasteiger partial charge is 0.417 e. The lowest BCUT2D eigenvalue weighted by molar-refractivity contribution is -0.125. The molecular weight excluding hydrogens is 1340 g/mol. The van der Waals surface area contributed by atoms with Crippen LogP contribution in [0.3, 0.4) is 0 Å². The lowest BCUT2D eigenvalue weighted by Crippen LogP contribution is -2.59. The van der Waals surface area contributed by atoms with E-state index in [1.54, 1.807) is 45.2 Å². The molecule has 0 bridgehead atoms. The van der Waals surface area contributed by atoms with Gasteiger partial charge >= 0.3 is 6.09 Å². The number of amides is 4. The van der Waals surface area contributed by atoms with Gasteiger partial charge in [-0.15, -0.1) is 0 Å². The Morgan fingerprint density at radius 1 is 0.604 bits per heavy atom. The van der Waals surface area contributed by atoms with Crippen LogP contribution in [0.1, 0.15) is 164 Å². The zero-order chi connectivity index (χ0) is 69.5. The van der Waals surface area contributed by atoms with Crippen molar-refractivity contribution >= 4 is 72.1 Å². The summed E-state index contributed by atoms with van der Waals surface area (Å²) in [6, 6.07) is 15.3. The highest BCUT2D eigenvalue weighted by molar-refractivity contribution is 7.89. The summed E-state index contributed by atoms with van der Waals surface area (Å²) in [6.45, 7) is 5.58. The summed E-state index contributed by atoms with van der Waals surface area (Å²) in [7, 11) is -10.4. The molecule has 6 aromatic rings. The van der Waals surface area contributed by atoms with Crippen LogP contribution in [0.25, 0.3) is 0 Å². The minimum Gasteiger partial charge on any atom is -0.443 e. The number of carbonyl (C=O) groups is 5. The second-order valence-electron chi connectivity index (χ2n) is 24.8. The SMILES string of the molecule is CC(C)(C)OC(=O)N1Cc2cc(NCc3ccc(C4CCCCC4)cn3)ccc2C1=O.O=C(Cl)[C@H]1CCN1S(=O)(=O)c1c(F)c(F)c(F)c(F)c1F.O=C1NCc2cc(N(Cc3ccc(C4CCCCC4)cn3)C(=O)[C@H]3CCN3S(=O)(=O)c3c(F)c(F)c(F)c(F)c3F)ccc21. The summed E-state index contributed by atoms with van der Waals surface area (Å²) in [5, 5.41) is 4.94. The fourth-order valence-electron chi connectivity index (χ4n) is 12.2. The maximum atomic E-state index is 14.5. The molecule has 2 aromatic heterocycles. The number of carbonyl (C=O) groups excluding carboxylic acids is 5. The van der Waals surface area contributed by atoms with Crippen molar-refractivity contribution in [1.29, 1.82) is 0 Å². The maximum Gasteiger partial charge on any atom is 0.417 e. The molecule has 2 saturated carbocycles. The summed E-state index contributed by atoms with van der Waals surface area (Å²) in [4.78, 5) is 69.5. The van der Waals surface area contributed by atoms with Gasteiger partial charge in [0, 0.05) is 54.5 Å². The van der Waals surface area contributed by atoms with Crippen LogP contribution in [0.5, 0.6) is 0 Å². The van der Waals surface area contributed by atoms with Gasteiger partial charge in [-0.2, -0.15) is 8.61 Å².